The standard InChI is InChI=1S/C33H31NO3/c1-7-8-9-17(3)34-31(35)29-21-14-16(2)19-12-10-18-11-13-20-23(37-33(4,5)6)15-22(30(29)32(34)36)28-26(20)24(18)25(19)27(21)28/h10-15,17H,7-9H2,1-6H3. The number of rotatable bonds is 5. The molecule has 0 saturated carbocycles. The lowest BCUT2D eigenvalue weighted by Crippen LogP contribution is -2.28. The van der Waals surface area contributed by atoms with Crippen LogP contribution in [-0.2, 0) is 0 Å². The normalized spacial score (nSPS) is 14.1. The quantitative estimate of drug-likeness (QED) is 0.229. The van der Waals surface area contributed by atoms with E-state index in [9.17, 15) is 9.59 Å². The van der Waals surface area contributed by atoms with E-state index in [1.165, 1.54) is 26.1 Å². The van der Waals surface area contributed by atoms with Crippen LogP contribution in [-0.4, -0.2) is 10.2 Å². The van der Waals surface area contributed by atoms with Crippen molar-refractivity contribution in [2.45, 2.75) is 72.4 Å². The minimum absolute atomic E-state index is 0.144. The van der Waals surface area contributed by atoms with E-state index < -0.39 is 5.60 Å². The zero-order valence-electron chi connectivity index (χ0n) is 22.3. The second kappa shape index (κ2) is 7.22. The molecule has 6 aromatic carbocycles. The van der Waals surface area contributed by atoms with Gasteiger partial charge < -0.3 is 4.74 Å². The number of benzene rings is 5. The fourth-order valence-corrected chi connectivity index (χ4v) is 6.79. The Balaban J connectivity index is 1.79. The summed E-state index contributed by atoms with van der Waals surface area (Å²) in [6, 6.07) is 12.7. The highest BCUT2D eigenvalue weighted by molar-refractivity contribution is 6.48. The maximum Gasteiger partial charge on any atom is 0.262 e. The smallest absolute Gasteiger partial charge is 0.262 e. The maximum absolute atomic E-state index is 14.1. The third-order valence-electron chi connectivity index (χ3n) is 8.29. The van der Waals surface area contributed by atoms with Crippen molar-refractivity contribution in [1.82, 2.24) is 4.57 Å². The summed E-state index contributed by atoms with van der Waals surface area (Å²) in [6.07, 6.45) is 2.82. The van der Waals surface area contributed by atoms with Crippen LogP contribution in [0.1, 0.15) is 65.5 Å². The number of unbranched alkanes of at least 4 members (excludes halogenated alkanes) is 1. The van der Waals surface area contributed by atoms with Gasteiger partial charge in [-0.05, 0) is 103 Å². The lowest BCUT2D eigenvalue weighted by molar-refractivity contribution is 0.133. The number of aryl methyl sites for hydroxylation is 1. The van der Waals surface area contributed by atoms with Crippen molar-refractivity contribution in [2.75, 3.05) is 0 Å². The van der Waals surface area contributed by atoms with Gasteiger partial charge in [0, 0.05) is 22.2 Å². The molecule has 1 unspecified atom stereocenters. The largest absolute Gasteiger partial charge is 0.487 e. The first-order chi connectivity index (χ1) is 17.6. The van der Waals surface area contributed by atoms with Crippen molar-refractivity contribution in [3.8, 4) is 5.75 Å². The minimum atomic E-state index is -0.410. The van der Waals surface area contributed by atoms with Gasteiger partial charge in [-0.2, -0.15) is 0 Å². The molecule has 0 amide bonds. The number of fused-ring (bicyclic) bond motifs is 3. The zero-order valence-corrected chi connectivity index (χ0v) is 22.3. The predicted octanol–water partition coefficient (Wildman–Crippen LogP) is 8.12. The van der Waals surface area contributed by atoms with Gasteiger partial charge in [-0.3, -0.25) is 14.2 Å². The molecule has 0 N–H and O–H groups in total. The molecule has 0 radical (unpaired) electrons. The number of aromatic nitrogens is 1. The summed E-state index contributed by atoms with van der Waals surface area (Å²) >= 11 is 0. The Morgan fingerprint density at radius 3 is 1.97 bits per heavy atom. The molecule has 1 atom stereocenters. The van der Waals surface area contributed by atoms with E-state index in [-0.39, 0.29) is 17.2 Å². The molecule has 0 aliphatic rings. The van der Waals surface area contributed by atoms with Crippen LogP contribution in [0.5, 0.6) is 5.75 Å². The van der Waals surface area contributed by atoms with Gasteiger partial charge in [0.1, 0.15) is 11.4 Å². The molecule has 1 heterocycles. The van der Waals surface area contributed by atoms with Crippen LogP contribution in [0.15, 0.2) is 46.0 Å². The fourth-order valence-electron chi connectivity index (χ4n) is 6.79. The third-order valence-corrected chi connectivity index (χ3v) is 8.29. The first-order valence-electron chi connectivity index (χ1n) is 13.4. The van der Waals surface area contributed by atoms with Crippen LogP contribution < -0.4 is 15.9 Å². The topological polar surface area (TPSA) is 48.3 Å². The molecule has 7 rings (SSSR count). The Bertz CT molecular complexity index is 2090. The summed E-state index contributed by atoms with van der Waals surface area (Å²) in [7, 11) is 0. The summed E-state index contributed by atoms with van der Waals surface area (Å²) in [6.45, 7) is 12.4. The zero-order chi connectivity index (χ0) is 26.0. The number of ether oxygens (including phenoxy) is 1. The van der Waals surface area contributed by atoms with Crippen molar-refractivity contribution < 1.29 is 4.74 Å². The van der Waals surface area contributed by atoms with E-state index in [2.05, 4.69) is 44.2 Å². The highest BCUT2D eigenvalue weighted by Crippen LogP contribution is 2.52. The number of hydrogen-bond acceptors (Lipinski definition) is 3. The minimum Gasteiger partial charge on any atom is -0.487 e. The predicted molar refractivity (Wildman–Crippen MR) is 156 cm³/mol. The molecule has 0 saturated heterocycles. The van der Waals surface area contributed by atoms with Crippen molar-refractivity contribution in [3.05, 3.63) is 62.7 Å². The molecular formula is C33H31NO3. The van der Waals surface area contributed by atoms with E-state index in [1.807, 2.05) is 33.8 Å². The summed E-state index contributed by atoms with van der Waals surface area (Å²) in [5.74, 6) is 0.762. The van der Waals surface area contributed by atoms with Crippen molar-refractivity contribution in [1.29, 1.82) is 0 Å². The van der Waals surface area contributed by atoms with Crippen molar-refractivity contribution >= 4 is 64.6 Å². The average molecular weight is 490 g/mol. The SMILES string of the molecule is CCCCC(C)n1c(=O)c2c3cc(C)c4ccc5ccc6c(OC(C)(C)C)cc(c2c1=O)c1c6c5c4c31. The second-order valence-corrected chi connectivity index (χ2v) is 11.9. The van der Waals surface area contributed by atoms with Crippen LogP contribution in [0.2, 0.25) is 0 Å². The molecule has 7 aromatic rings. The monoisotopic (exact) mass is 489 g/mol. The summed E-state index contributed by atoms with van der Waals surface area (Å²) < 4.78 is 8.03. The molecular weight excluding hydrogens is 458 g/mol. The summed E-state index contributed by atoms with van der Waals surface area (Å²) in [4.78, 5) is 28.2. The molecule has 0 fully saturated rings. The highest BCUT2D eigenvalue weighted by Gasteiger charge is 2.30. The molecule has 1 aromatic heterocycles. The third kappa shape index (κ3) is 2.79. The molecule has 0 bridgehead atoms. The van der Waals surface area contributed by atoms with Gasteiger partial charge in [-0.1, -0.05) is 38.0 Å². The maximum atomic E-state index is 14.1. The van der Waals surface area contributed by atoms with E-state index in [0.717, 1.165) is 62.9 Å². The molecule has 4 heteroatoms. The van der Waals surface area contributed by atoms with Crippen LogP contribution >= 0.6 is 0 Å². The van der Waals surface area contributed by atoms with Crippen molar-refractivity contribution in [2.24, 2.45) is 0 Å². The number of nitrogens with zero attached hydrogens (tertiary/aromatic N) is 1. The van der Waals surface area contributed by atoms with E-state index in [0.29, 0.717) is 10.8 Å². The van der Waals surface area contributed by atoms with E-state index in [1.54, 1.807) is 0 Å². The molecule has 4 nitrogen and oxygen atoms in total. The first kappa shape index (κ1) is 22.5. The highest BCUT2D eigenvalue weighted by atomic mass is 16.5. The first-order valence-corrected chi connectivity index (χ1v) is 13.4. The van der Waals surface area contributed by atoms with Gasteiger partial charge in [0.15, 0.2) is 0 Å². The molecule has 0 aliphatic carbocycles. The van der Waals surface area contributed by atoms with Gasteiger partial charge in [0.2, 0.25) is 0 Å². The summed E-state index contributed by atoms with van der Waals surface area (Å²) in [5, 5.41) is 12.0. The molecule has 0 spiro atoms. The van der Waals surface area contributed by atoms with Gasteiger partial charge >= 0.3 is 0 Å². The number of hydrogen-bond donors (Lipinski definition) is 0. The average Bonchev–Trinajstić information content (AvgIpc) is 3.33. The van der Waals surface area contributed by atoms with Gasteiger partial charge in [-0.15, -0.1) is 0 Å². The Morgan fingerprint density at radius 2 is 1.35 bits per heavy atom. The Kier molecular flexibility index (Phi) is 4.40. The van der Waals surface area contributed by atoms with Crippen LogP contribution in [0.4, 0.5) is 0 Å². The fraction of sp³-hybridized carbons (Fsp3) is 0.333. The van der Waals surface area contributed by atoms with Crippen LogP contribution in [0.25, 0.3) is 64.6 Å². The van der Waals surface area contributed by atoms with Gasteiger partial charge in [-0.25, -0.2) is 0 Å². The molecule has 186 valence electrons. The lowest BCUT2D eigenvalue weighted by Gasteiger charge is -2.23. The molecule has 37 heavy (non-hydrogen) atoms. The van der Waals surface area contributed by atoms with E-state index >= 15 is 0 Å². The van der Waals surface area contributed by atoms with Crippen LogP contribution in [0.3, 0.4) is 0 Å². The lowest BCUT2D eigenvalue weighted by atomic mass is 9.93. The van der Waals surface area contributed by atoms with E-state index in [4.69, 9.17) is 4.74 Å². The van der Waals surface area contributed by atoms with Crippen molar-refractivity contribution in [3.63, 3.8) is 0 Å². The summed E-state index contributed by atoms with van der Waals surface area (Å²) in [5.41, 5.74) is 0.380. The van der Waals surface area contributed by atoms with Gasteiger partial charge in [0.05, 0.1) is 10.8 Å². The van der Waals surface area contributed by atoms with Crippen LogP contribution in [0, 0.1) is 6.92 Å². The Labute approximate surface area is 214 Å². The van der Waals surface area contributed by atoms with Gasteiger partial charge in [0.25, 0.3) is 11.1 Å². The molecule has 0 aliphatic heterocycles. The second-order valence-electron chi connectivity index (χ2n) is 11.9. The Hall–Kier alpha value is -3.66. The Morgan fingerprint density at radius 1 is 0.784 bits per heavy atom.